The number of nitriles is 1. The number of benzene rings is 1. The largest absolute Gasteiger partial charge is 0.478 e. The Kier molecular flexibility index (Phi) is 7.92. The smallest absolute Gasteiger partial charge is 0.265 e. The van der Waals surface area contributed by atoms with Crippen LogP contribution in [0.15, 0.2) is 18.2 Å². The van der Waals surface area contributed by atoms with Gasteiger partial charge in [-0.2, -0.15) is 5.26 Å². The van der Waals surface area contributed by atoms with Crippen LogP contribution >= 0.6 is 11.6 Å². The number of rotatable bonds is 7. The minimum Gasteiger partial charge on any atom is -0.478 e. The summed E-state index contributed by atoms with van der Waals surface area (Å²) in [7, 11) is 0. The zero-order chi connectivity index (χ0) is 30.6. The second-order valence-electron chi connectivity index (χ2n) is 13.4. The number of carbonyl (C=O) groups excluding carboxylic acids is 4. The lowest BCUT2D eigenvalue weighted by Gasteiger charge is -2.38. The van der Waals surface area contributed by atoms with Crippen LogP contribution in [0.3, 0.4) is 0 Å². The van der Waals surface area contributed by atoms with Gasteiger partial charge in [0, 0.05) is 24.6 Å². The Morgan fingerprint density at radius 1 is 1.24 bits per heavy atom. The highest BCUT2D eigenvalue weighted by molar-refractivity contribution is 6.31. The molecule has 0 aromatic heterocycles. The number of anilines is 1. The molecule has 0 bridgehead atoms. The minimum atomic E-state index is -1.04. The molecule has 4 aliphatic rings. The fraction of sp³-hybridized carbons (Fsp3) is 0.633. The average molecular weight is 600 g/mol. The number of ether oxygens (including phenoxy) is 2. The van der Waals surface area contributed by atoms with Crippen LogP contribution in [-0.4, -0.2) is 72.5 Å². The minimum absolute atomic E-state index is 0.0849. The molecule has 3 heterocycles. The van der Waals surface area contributed by atoms with Gasteiger partial charge in [0.15, 0.2) is 6.10 Å². The van der Waals surface area contributed by atoms with Crippen LogP contribution in [0.5, 0.6) is 5.75 Å². The molecule has 1 aliphatic carbocycles. The van der Waals surface area contributed by atoms with E-state index in [1.54, 1.807) is 23.1 Å². The second kappa shape index (κ2) is 11.0. The summed E-state index contributed by atoms with van der Waals surface area (Å²) in [6.07, 6.45) is -0.491. The van der Waals surface area contributed by atoms with Gasteiger partial charge in [0.2, 0.25) is 17.7 Å². The van der Waals surface area contributed by atoms with Gasteiger partial charge >= 0.3 is 0 Å². The van der Waals surface area contributed by atoms with Gasteiger partial charge in [0.1, 0.15) is 23.9 Å². The lowest BCUT2D eigenvalue weighted by molar-refractivity contribution is -0.146. The Balaban J connectivity index is 1.30. The zero-order valence-corrected chi connectivity index (χ0v) is 25.3. The molecule has 12 heteroatoms. The van der Waals surface area contributed by atoms with Crippen molar-refractivity contribution in [2.75, 3.05) is 25.1 Å². The fourth-order valence-electron chi connectivity index (χ4n) is 6.52. The van der Waals surface area contributed by atoms with E-state index in [1.165, 1.54) is 0 Å². The monoisotopic (exact) mass is 599 g/mol. The molecule has 1 saturated carbocycles. The maximum atomic E-state index is 14.0. The molecule has 11 nitrogen and oxygen atoms in total. The van der Waals surface area contributed by atoms with Gasteiger partial charge in [0.25, 0.3) is 5.91 Å². The van der Waals surface area contributed by atoms with E-state index >= 15 is 0 Å². The van der Waals surface area contributed by atoms with Crippen LogP contribution < -0.4 is 20.7 Å². The van der Waals surface area contributed by atoms with Crippen molar-refractivity contribution in [3.05, 3.63) is 23.2 Å². The Morgan fingerprint density at radius 2 is 1.98 bits per heavy atom. The maximum Gasteiger partial charge on any atom is 0.265 e. The average Bonchev–Trinajstić information content (AvgIpc) is 3.37. The third-order valence-electron chi connectivity index (χ3n) is 9.14. The first-order valence-corrected chi connectivity index (χ1v) is 14.8. The van der Waals surface area contributed by atoms with Gasteiger partial charge < -0.3 is 30.3 Å². The number of piperidine rings is 1. The lowest BCUT2D eigenvalue weighted by atomic mass is 9.84. The maximum absolute atomic E-state index is 14.0. The fourth-order valence-corrected chi connectivity index (χ4v) is 6.69. The van der Waals surface area contributed by atoms with Crippen molar-refractivity contribution in [3.8, 4) is 11.8 Å². The van der Waals surface area contributed by atoms with Crippen LogP contribution in [0.2, 0.25) is 5.02 Å². The second-order valence-corrected chi connectivity index (χ2v) is 13.9. The summed E-state index contributed by atoms with van der Waals surface area (Å²) >= 11 is 6.00. The summed E-state index contributed by atoms with van der Waals surface area (Å²) < 4.78 is 11.2. The van der Waals surface area contributed by atoms with Gasteiger partial charge in [-0.1, -0.05) is 46.2 Å². The van der Waals surface area contributed by atoms with Crippen molar-refractivity contribution in [1.29, 1.82) is 5.26 Å². The molecule has 3 fully saturated rings. The lowest BCUT2D eigenvalue weighted by Crippen LogP contribution is -2.60. The summed E-state index contributed by atoms with van der Waals surface area (Å²) in [5, 5.41) is 18.8. The number of fused-ring (bicyclic) bond motifs is 2. The summed E-state index contributed by atoms with van der Waals surface area (Å²) in [6.45, 7) is 11.0. The van der Waals surface area contributed by atoms with E-state index in [2.05, 4.69) is 35.9 Å². The molecule has 3 aliphatic heterocycles. The Labute approximate surface area is 250 Å². The summed E-state index contributed by atoms with van der Waals surface area (Å²) in [5.41, 5.74) is -0.332. The first-order valence-electron chi connectivity index (χ1n) is 14.4. The van der Waals surface area contributed by atoms with Crippen LogP contribution in [0.25, 0.3) is 0 Å². The number of carbonyl (C=O) groups is 4. The van der Waals surface area contributed by atoms with Gasteiger partial charge in [-0.3, -0.25) is 19.2 Å². The number of nitrogens with one attached hydrogen (secondary N) is 3. The molecule has 7 atom stereocenters. The van der Waals surface area contributed by atoms with Crippen molar-refractivity contribution in [2.24, 2.45) is 28.6 Å². The van der Waals surface area contributed by atoms with Gasteiger partial charge in [0.05, 0.1) is 24.3 Å². The Morgan fingerprint density at radius 3 is 2.62 bits per heavy atom. The molecular formula is C30H38ClN5O6. The van der Waals surface area contributed by atoms with Crippen molar-refractivity contribution < 1.29 is 28.7 Å². The third kappa shape index (κ3) is 5.66. The van der Waals surface area contributed by atoms with Gasteiger partial charge in [-0.25, -0.2) is 0 Å². The number of nitrogens with zero attached hydrogens (tertiary/aromatic N) is 2. The van der Waals surface area contributed by atoms with E-state index in [1.807, 2.05) is 20.8 Å². The molecule has 0 radical (unpaired) electrons. The summed E-state index contributed by atoms with van der Waals surface area (Å²) in [6, 6.07) is 4.21. The molecule has 5 rings (SSSR count). The number of hydrogen-bond donors (Lipinski definition) is 3. The molecule has 1 aromatic carbocycles. The number of halogens is 1. The highest BCUT2D eigenvalue weighted by Gasteiger charge is 2.69. The quantitative estimate of drug-likeness (QED) is 0.436. The SMILES string of the molecule is CC(C)(C)[C@H](NC(=O)[C@@H]1CCOC1)C(=O)N1C[C@H]2[C@@H]([C@H]1C(=O)N[C@H](C#N)C[C@@H]1Oc3ccc(Cl)cc3NC1=O)C2(C)C. The van der Waals surface area contributed by atoms with E-state index in [0.29, 0.717) is 42.6 Å². The first-order chi connectivity index (χ1) is 19.7. The van der Waals surface area contributed by atoms with E-state index < -0.39 is 41.5 Å². The standard InChI is InChI=1S/C30H38ClN5O6/c1-29(2,3)24(35-25(37)15-8-9-41-14-15)28(40)36-13-18-22(30(18,4)5)23(36)27(39)33-17(12-32)11-21-26(38)34-19-10-16(31)6-7-20(19)42-21/h6-7,10,15,17-18,21-24H,8-9,11,13-14H2,1-5H3,(H,33,39)(H,34,38)(H,35,37)/t15-,17+,18+,21+,22+,23+,24-/m1/s1. The molecule has 42 heavy (non-hydrogen) atoms. The summed E-state index contributed by atoms with van der Waals surface area (Å²) in [4.78, 5) is 55.1. The summed E-state index contributed by atoms with van der Waals surface area (Å²) in [5.74, 6) is -1.33. The van der Waals surface area contributed by atoms with Crippen LogP contribution in [0.1, 0.15) is 47.5 Å². The first kappa shape index (κ1) is 30.1. The Hall–Kier alpha value is -3.36. The Bertz CT molecular complexity index is 1330. The van der Waals surface area contributed by atoms with Crippen molar-refractivity contribution in [3.63, 3.8) is 0 Å². The van der Waals surface area contributed by atoms with Crippen molar-refractivity contribution in [2.45, 2.75) is 71.7 Å². The van der Waals surface area contributed by atoms with E-state index in [9.17, 15) is 24.4 Å². The van der Waals surface area contributed by atoms with Crippen LogP contribution in [-0.2, 0) is 23.9 Å². The zero-order valence-electron chi connectivity index (χ0n) is 24.5. The topological polar surface area (TPSA) is 150 Å². The molecule has 1 aromatic rings. The van der Waals surface area contributed by atoms with Crippen LogP contribution in [0.4, 0.5) is 5.69 Å². The molecule has 4 amide bonds. The van der Waals surface area contributed by atoms with Gasteiger partial charge in [-0.15, -0.1) is 0 Å². The normalized spacial score (nSPS) is 28.7. The molecule has 3 N–H and O–H groups in total. The van der Waals surface area contributed by atoms with E-state index in [4.69, 9.17) is 21.1 Å². The number of hydrogen-bond acceptors (Lipinski definition) is 7. The third-order valence-corrected chi connectivity index (χ3v) is 9.38. The molecule has 0 unspecified atom stereocenters. The highest BCUT2D eigenvalue weighted by Crippen LogP contribution is 2.65. The van der Waals surface area contributed by atoms with Crippen molar-refractivity contribution >= 4 is 40.9 Å². The molecule has 2 saturated heterocycles. The van der Waals surface area contributed by atoms with Crippen molar-refractivity contribution in [1.82, 2.24) is 15.5 Å². The predicted octanol–water partition coefficient (Wildman–Crippen LogP) is 2.49. The highest BCUT2D eigenvalue weighted by atomic mass is 35.5. The number of likely N-dealkylation sites (tertiary alicyclic amines) is 1. The van der Waals surface area contributed by atoms with Crippen LogP contribution in [0, 0.1) is 39.9 Å². The van der Waals surface area contributed by atoms with E-state index in [-0.39, 0.29) is 41.4 Å². The molecule has 0 spiro atoms. The molecular weight excluding hydrogens is 562 g/mol. The molecule has 226 valence electrons. The van der Waals surface area contributed by atoms with Gasteiger partial charge in [-0.05, 0) is 47.3 Å². The predicted molar refractivity (Wildman–Crippen MR) is 153 cm³/mol. The number of amides is 4. The van der Waals surface area contributed by atoms with E-state index in [0.717, 1.165) is 0 Å².